The van der Waals surface area contributed by atoms with E-state index >= 15 is 0 Å². The average Bonchev–Trinajstić information content (AvgIpc) is 3.15. The van der Waals surface area contributed by atoms with Crippen molar-refractivity contribution >= 4 is 43.0 Å². The van der Waals surface area contributed by atoms with Gasteiger partial charge in [0.1, 0.15) is 0 Å². The van der Waals surface area contributed by atoms with Crippen molar-refractivity contribution in [1.82, 2.24) is 15.2 Å². The number of nitrogens with one attached hydrogen (secondary N) is 2. The predicted octanol–water partition coefficient (Wildman–Crippen LogP) is 3.99. The van der Waals surface area contributed by atoms with Crippen LogP contribution in [0.15, 0.2) is 59.8 Å². The third-order valence-electron chi connectivity index (χ3n) is 4.79. The molecule has 1 atom stereocenters. The van der Waals surface area contributed by atoms with Crippen LogP contribution in [-0.4, -0.2) is 34.1 Å². The lowest BCUT2D eigenvalue weighted by Crippen LogP contribution is -2.22. The van der Waals surface area contributed by atoms with Gasteiger partial charge in [-0.25, -0.2) is 8.42 Å². The van der Waals surface area contributed by atoms with Crippen LogP contribution in [0.3, 0.4) is 0 Å². The van der Waals surface area contributed by atoms with Crippen LogP contribution in [0.4, 0.5) is 11.4 Å². The number of sulfone groups is 1. The maximum Gasteiger partial charge on any atom is 0.204 e. The molecule has 4 aromatic rings. The molecule has 0 spiro atoms. The summed E-state index contributed by atoms with van der Waals surface area (Å²) >= 11 is 0. The number of rotatable bonds is 6. The molecule has 0 aliphatic rings. The van der Waals surface area contributed by atoms with Crippen LogP contribution in [0.25, 0.3) is 21.8 Å². The van der Waals surface area contributed by atoms with Crippen LogP contribution in [0.1, 0.15) is 20.3 Å². The number of hydrogen-bond donors (Lipinski definition) is 3. The summed E-state index contributed by atoms with van der Waals surface area (Å²) in [7, 11) is -3.85. The van der Waals surface area contributed by atoms with Crippen LogP contribution in [0, 0.1) is 5.92 Å². The Morgan fingerprint density at radius 3 is 2.76 bits per heavy atom. The van der Waals surface area contributed by atoms with Crippen LogP contribution in [-0.2, 0) is 9.84 Å². The first-order valence-corrected chi connectivity index (χ1v) is 10.9. The number of benzene rings is 2. The van der Waals surface area contributed by atoms with Crippen LogP contribution < -0.4 is 5.32 Å². The Morgan fingerprint density at radius 2 is 1.97 bits per heavy atom. The van der Waals surface area contributed by atoms with Crippen molar-refractivity contribution in [2.75, 3.05) is 5.32 Å². The zero-order valence-electron chi connectivity index (χ0n) is 16.1. The van der Waals surface area contributed by atoms with Crippen molar-refractivity contribution in [3.8, 4) is 0 Å². The second-order valence-corrected chi connectivity index (χ2v) is 9.57. The molecule has 8 heteroatoms. The number of aromatic amines is 1. The SMILES string of the molecule is CC(C)CC(O)S(=O)(=O)c1ccc2nccc(Nc3ccc4cn[nH]c4c3)c2c1. The highest BCUT2D eigenvalue weighted by Gasteiger charge is 2.26. The van der Waals surface area contributed by atoms with Gasteiger partial charge < -0.3 is 10.4 Å². The number of nitrogens with zero attached hydrogens (tertiary/aromatic N) is 2. The number of fused-ring (bicyclic) bond motifs is 2. The van der Waals surface area contributed by atoms with Crippen molar-refractivity contribution < 1.29 is 13.5 Å². The van der Waals surface area contributed by atoms with E-state index in [9.17, 15) is 13.5 Å². The van der Waals surface area contributed by atoms with Gasteiger partial charge in [0.15, 0.2) is 5.44 Å². The van der Waals surface area contributed by atoms with Gasteiger partial charge >= 0.3 is 0 Å². The van der Waals surface area contributed by atoms with E-state index in [1.807, 2.05) is 32.0 Å². The minimum Gasteiger partial charge on any atom is -0.377 e. The quantitative estimate of drug-likeness (QED) is 0.443. The van der Waals surface area contributed by atoms with E-state index in [-0.39, 0.29) is 17.2 Å². The van der Waals surface area contributed by atoms with Gasteiger partial charge in [0.2, 0.25) is 9.84 Å². The predicted molar refractivity (Wildman–Crippen MR) is 114 cm³/mol. The summed E-state index contributed by atoms with van der Waals surface area (Å²) in [5, 5.41) is 22.2. The first-order chi connectivity index (χ1) is 13.8. The third kappa shape index (κ3) is 3.81. The molecular weight excluding hydrogens is 388 g/mol. The van der Waals surface area contributed by atoms with Gasteiger partial charge in [-0.2, -0.15) is 5.10 Å². The zero-order valence-corrected chi connectivity index (χ0v) is 16.9. The minimum atomic E-state index is -3.85. The Balaban J connectivity index is 1.74. The number of anilines is 2. The molecule has 0 saturated carbocycles. The van der Waals surface area contributed by atoms with Gasteiger partial charge in [-0.15, -0.1) is 0 Å². The van der Waals surface area contributed by atoms with Gasteiger partial charge in [-0.1, -0.05) is 13.8 Å². The van der Waals surface area contributed by atoms with E-state index in [4.69, 9.17) is 0 Å². The van der Waals surface area contributed by atoms with Gasteiger partial charge in [0.25, 0.3) is 0 Å². The molecular formula is C21H22N4O3S. The van der Waals surface area contributed by atoms with Crippen molar-refractivity contribution in [2.24, 2.45) is 5.92 Å². The number of aliphatic hydroxyl groups is 1. The normalized spacial score (nSPS) is 13.2. The summed E-state index contributed by atoms with van der Waals surface area (Å²) in [6.45, 7) is 3.75. The molecule has 7 nitrogen and oxygen atoms in total. The third-order valence-corrected chi connectivity index (χ3v) is 6.61. The molecule has 0 amide bonds. The molecule has 3 N–H and O–H groups in total. The van der Waals surface area contributed by atoms with E-state index in [1.54, 1.807) is 30.6 Å². The number of hydrogen-bond acceptors (Lipinski definition) is 6. The first kappa shape index (κ1) is 19.4. The lowest BCUT2D eigenvalue weighted by Gasteiger charge is -2.15. The Kier molecular flexibility index (Phi) is 4.97. The molecule has 150 valence electrons. The smallest absolute Gasteiger partial charge is 0.204 e. The van der Waals surface area contributed by atoms with Crippen molar-refractivity contribution in [1.29, 1.82) is 0 Å². The van der Waals surface area contributed by atoms with Crippen LogP contribution >= 0.6 is 0 Å². The molecule has 0 radical (unpaired) electrons. The average molecular weight is 410 g/mol. The van der Waals surface area contributed by atoms with Gasteiger partial charge in [0.05, 0.1) is 22.1 Å². The Bertz CT molecular complexity index is 1280. The van der Waals surface area contributed by atoms with Gasteiger partial charge in [0, 0.05) is 28.3 Å². The molecule has 1 unspecified atom stereocenters. The van der Waals surface area contributed by atoms with Crippen molar-refractivity contribution in [3.63, 3.8) is 0 Å². The van der Waals surface area contributed by atoms with E-state index in [0.717, 1.165) is 22.3 Å². The fraction of sp³-hybridized carbons (Fsp3) is 0.238. The van der Waals surface area contributed by atoms with Crippen LogP contribution in [0.5, 0.6) is 0 Å². The molecule has 2 heterocycles. The zero-order chi connectivity index (χ0) is 20.6. The monoisotopic (exact) mass is 410 g/mol. The highest BCUT2D eigenvalue weighted by Crippen LogP contribution is 2.30. The molecule has 0 fully saturated rings. The maximum atomic E-state index is 12.8. The lowest BCUT2D eigenvalue weighted by molar-refractivity contribution is 0.220. The molecule has 0 saturated heterocycles. The standard InChI is InChI=1S/C21H22N4O3S/c1-13(2)9-21(26)29(27,28)16-5-6-18-17(11-16)19(7-8-22-18)24-15-4-3-14-12-23-25-20(14)10-15/h3-8,10-13,21,26H,9H2,1-2H3,(H,22,24)(H,23,25). The van der Waals surface area contributed by atoms with Gasteiger partial charge in [-0.3, -0.25) is 10.1 Å². The summed E-state index contributed by atoms with van der Waals surface area (Å²) in [6.07, 6.45) is 3.60. The topological polar surface area (TPSA) is 108 Å². The Labute approximate surface area is 168 Å². The molecule has 2 aromatic heterocycles. The summed E-state index contributed by atoms with van der Waals surface area (Å²) < 4.78 is 25.6. The minimum absolute atomic E-state index is 0.0662. The maximum absolute atomic E-state index is 12.8. The molecule has 29 heavy (non-hydrogen) atoms. The largest absolute Gasteiger partial charge is 0.377 e. The fourth-order valence-corrected chi connectivity index (χ4v) is 4.76. The number of H-pyrrole nitrogens is 1. The molecule has 0 aliphatic carbocycles. The molecule has 2 aromatic carbocycles. The Hall–Kier alpha value is -2.97. The van der Waals surface area contributed by atoms with Crippen molar-refractivity contribution in [3.05, 3.63) is 54.9 Å². The number of pyridine rings is 1. The van der Waals surface area contributed by atoms with Crippen molar-refractivity contribution in [2.45, 2.75) is 30.6 Å². The summed E-state index contributed by atoms with van der Waals surface area (Å²) in [6, 6.07) is 12.3. The van der Waals surface area contributed by atoms with E-state index in [0.29, 0.717) is 10.9 Å². The van der Waals surface area contributed by atoms with Crippen LogP contribution in [0.2, 0.25) is 0 Å². The molecule has 0 bridgehead atoms. The van der Waals surface area contributed by atoms with E-state index < -0.39 is 15.3 Å². The molecule has 0 aliphatic heterocycles. The van der Waals surface area contributed by atoms with E-state index in [1.165, 1.54) is 6.07 Å². The highest BCUT2D eigenvalue weighted by molar-refractivity contribution is 7.91. The number of aliphatic hydroxyl groups excluding tert-OH is 1. The lowest BCUT2D eigenvalue weighted by atomic mass is 10.1. The molecule has 4 rings (SSSR count). The summed E-state index contributed by atoms with van der Waals surface area (Å²) in [4.78, 5) is 4.41. The second-order valence-electron chi connectivity index (χ2n) is 7.46. The fourth-order valence-electron chi connectivity index (χ4n) is 3.27. The highest BCUT2D eigenvalue weighted by atomic mass is 32.2. The van der Waals surface area contributed by atoms with Gasteiger partial charge in [-0.05, 0) is 54.8 Å². The van der Waals surface area contributed by atoms with E-state index in [2.05, 4.69) is 20.5 Å². The summed E-state index contributed by atoms with van der Waals surface area (Å²) in [5.74, 6) is 0.0662. The first-order valence-electron chi connectivity index (χ1n) is 9.35. The Morgan fingerprint density at radius 1 is 1.14 bits per heavy atom. The number of aromatic nitrogens is 3. The summed E-state index contributed by atoms with van der Waals surface area (Å²) in [5.41, 5.74) is 1.69. The second kappa shape index (κ2) is 7.46.